The van der Waals surface area contributed by atoms with Crippen LogP contribution in [0.15, 0.2) is 59.4 Å². The lowest BCUT2D eigenvalue weighted by molar-refractivity contribution is -0.546. The maximum atomic E-state index is 12.0. The summed E-state index contributed by atoms with van der Waals surface area (Å²) in [4.78, 5) is 4.60. The van der Waals surface area contributed by atoms with E-state index in [4.69, 9.17) is 5.73 Å². The third-order valence-electron chi connectivity index (χ3n) is 5.59. The summed E-state index contributed by atoms with van der Waals surface area (Å²) in [5.74, 6) is 0.393. The zero-order valence-electron chi connectivity index (χ0n) is 18.8. The molecule has 9 nitrogen and oxygen atoms in total. The highest BCUT2D eigenvalue weighted by Crippen LogP contribution is 2.24. The second kappa shape index (κ2) is 9.32. The Kier molecular flexibility index (Phi) is 6.48. The van der Waals surface area contributed by atoms with Crippen LogP contribution in [0.1, 0.15) is 24.0 Å². The number of aromatic nitrogens is 2. The number of nitrogens with zero attached hydrogens (tertiary/aromatic N) is 4. The number of β-amino-alcohol motifs (C(OH)–C–C–N with tert-alkyl or cyclic N) is 1. The van der Waals surface area contributed by atoms with Crippen molar-refractivity contribution in [3.05, 3.63) is 65.5 Å². The summed E-state index contributed by atoms with van der Waals surface area (Å²) in [7, 11) is -3.53. The van der Waals surface area contributed by atoms with Gasteiger partial charge in [0.05, 0.1) is 30.4 Å². The van der Waals surface area contributed by atoms with Crippen molar-refractivity contribution in [2.75, 3.05) is 25.1 Å². The fraction of sp³-hybridized carbons (Fsp3) is 0.348. The van der Waals surface area contributed by atoms with Crippen molar-refractivity contribution in [1.29, 1.82) is 0 Å². The summed E-state index contributed by atoms with van der Waals surface area (Å²) >= 11 is 0. The molecule has 4 N–H and O–H groups in total. The number of anilines is 1. The van der Waals surface area contributed by atoms with Crippen molar-refractivity contribution in [3.8, 4) is 0 Å². The summed E-state index contributed by atoms with van der Waals surface area (Å²) in [6, 6.07) is 8.12. The van der Waals surface area contributed by atoms with E-state index in [1.165, 1.54) is 5.56 Å². The Morgan fingerprint density at radius 1 is 1.30 bits per heavy atom. The zero-order chi connectivity index (χ0) is 23.6. The maximum Gasteiger partial charge on any atom is 0.229 e. The number of piperidine rings is 1. The SMILES string of the molecule is Cc1ccc(Cn2ncc(/N=C3C=C/C(=[N+]4/CCCC(O)C4)C=C/3NS(C)(=O)=O)c2N)cc1. The number of aliphatic imine (C=N–C) groups is 1. The zero-order valence-corrected chi connectivity index (χ0v) is 19.6. The van der Waals surface area contributed by atoms with Gasteiger partial charge in [-0.15, -0.1) is 0 Å². The third-order valence-corrected chi connectivity index (χ3v) is 6.18. The van der Waals surface area contributed by atoms with E-state index in [-0.39, 0.29) is 0 Å². The topological polar surface area (TPSA) is 126 Å². The second-order valence-corrected chi connectivity index (χ2v) is 10.2. The Hall–Kier alpha value is -3.24. The van der Waals surface area contributed by atoms with Gasteiger partial charge in [-0.2, -0.15) is 5.10 Å². The van der Waals surface area contributed by atoms with Crippen LogP contribution in [0, 0.1) is 6.92 Å². The smallest absolute Gasteiger partial charge is 0.229 e. The van der Waals surface area contributed by atoms with Crippen molar-refractivity contribution in [2.45, 2.75) is 32.4 Å². The van der Waals surface area contributed by atoms with E-state index in [2.05, 4.69) is 14.8 Å². The molecule has 1 saturated heterocycles. The normalized spacial score (nSPS) is 22.5. The second-order valence-electron chi connectivity index (χ2n) is 8.49. The fourth-order valence-electron chi connectivity index (χ4n) is 3.88. The van der Waals surface area contributed by atoms with Crippen LogP contribution in [0.5, 0.6) is 0 Å². The Morgan fingerprint density at radius 3 is 2.76 bits per heavy atom. The quantitative estimate of drug-likeness (QED) is 0.452. The highest BCUT2D eigenvalue weighted by Gasteiger charge is 2.25. The van der Waals surface area contributed by atoms with E-state index < -0.39 is 16.1 Å². The van der Waals surface area contributed by atoms with Crippen molar-refractivity contribution in [2.24, 2.45) is 4.99 Å². The number of aryl methyl sites for hydroxylation is 1. The molecular formula is C23H29N6O3S+. The van der Waals surface area contributed by atoms with E-state index in [0.29, 0.717) is 36.0 Å². The van der Waals surface area contributed by atoms with Crippen LogP contribution in [0.2, 0.25) is 0 Å². The first-order valence-electron chi connectivity index (χ1n) is 10.8. The minimum Gasteiger partial charge on any atom is -0.387 e. The van der Waals surface area contributed by atoms with Gasteiger partial charge in [0.1, 0.15) is 24.2 Å². The van der Waals surface area contributed by atoms with Gasteiger partial charge in [0.15, 0.2) is 6.54 Å². The lowest BCUT2D eigenvalue weighted by Gasteiger charge is -2.19. The highest BCUT2D eigenvalue weighted by atomic mass is 32.2. The first-order chi connectivity index (χ1) is 15.7. The number of hydrogen-bond acceptors (Lipinski definition) is 6. The molecule has 1 unspecified atom stereocenters. The molecule has 0 amide bonds. The summed E-state index contributed by atoms with van der Waals surface area (Å²) in [5.41, 5.74) is 10.6. The summed E-state index contributed by atoms with van der Waals surface area (Å²) in [6.45, 7) is 3.84. The largest absolute Gasteiger partial charge is 0.387 e. The standard InChI is InChI=1S/C23H28N6O3S/c1-16-5-7-17(8-6-16)14-29-23(24)22(13-25-29)26-20-10-9-18(12-21(20)27-33(2,31)32)28-11-3-4-19(30)15-28/h5-10,12-13,19,30H,3-4,11,14-15H2,1-2H3,(H2,24,25,27)/p+1. The fourth-order valence-corrected chi connectivity index (χ4v) is 4.45. The van der Waals surface area contributed by atoms with Crippen molar-refractivity contribution in [1.82, 2.24) is 14.5 Å². The number of hydrogen-bond donors (Lipinski definition) is 3. The number of aliphatic hydroxyl groups excluding tert-OH is 1. The monoisotopic (exact) mass is 469 g/mol. The van der Waals surface area contributed by atoms with E-state index >= 15 is 0 Å². The van der Waals surface area contributed by atoms with Crippen molar-refractivity contribution >= 4 is 33.0 Å². The van der Waals surface area contributed by atoms with Crippen LogP contribution in [0.3, 0.4) is 0 Å². The Morgan fingerprint density at radius 2 is 2.06 bits per heavy atom. The molecule has 2 aliphatic rings. The van der Waals surface area contributed by atoms with Gasteiger partial charge in [-0.1, -0.05) is 29.8 Å². The van der Waals surface area contributed by atoms with Gasteiger partial charge in [0, 0.05) is 18.6 Å². The molecule has 2 heterocycles. The van der Waals surface area contributed by atoms with E-state index in [1.54, 1.807) is 23.0 Å². The molecule has 1 fully saturated rings. The Labute approximate surface area is 193 Å². The number of nitrogens with two attached hydrogens (primary N) is 1. The first-order valence-corrected chi connectivity index (χ1v) is 12.7. The molecule has 2 aromatic rings. The number of aliphatic hydroxyl groups is 1. The third kappa shape index (κ3) is 5.77. The maximum absolute atomic E-state index is 12.0. The van der Waals surface area contributed by atoms with Gasteiger partial charge in [-0.3, -0.25) is 4.72 Å². The minimum absolute atomic E-state index is 0.348. The molecule has 10 heteroatoms. The molecule has 1 aliphatic carbocycles. The Balaban J connectivity index is 1.64. The van der Waals surface area contributed by atoms with Crippen LogP contribution < -0.4 is 10.5 Å². The van der Waals surface area contributed by atoms with Crippen LogP contribution in [0.25, 0.3) is 0 Å². The summed E-state index contributed by atoms with van der Waals surface area (Å²) in [5, 5.41) is 14.4. The highest BCUT2D eigenvalue weighted by molar-refractivity contribution is 7.88. The molecule has 1 aromatic carbocycles. The van der Waals surface area contributed by atoms with Gasteiger partial charge in [0.25, 0.3) is 0 Å². The molecule has 33 heavy (non-hydrogen) atoms. The van der Waals surface area contributed by atoms with Crippen molar-refractivity contribution in [3.63, 3.8) is 0 Å². The van der Waals surface area contributed by atoms with Crippen LogP contribution in [-0.2, 0) is 16.6 Å². The molecule has 1 aliphatic heterocycles. The molecule has 174 valence electrons. The lowest BCUT2D eigenvalue weighted by atomic mass is 10.1. The number of nitrogen functional groups attached to an aromatic ring is 1. The average Bonchev–Trinajstić information content (AvgIpc) is 3.09. The number of sulfonamides is 1. The van der Waals surface area contributed by atoms with Crippen LogP contribution >= 0.6 is 0 Å². The molecule has 0 saturated carbocycles. The molecule has 0 radical (unpaired) electrons. The van der Waals surface area contributed by atoms with Gasteiger partial charge in [0.2, 0.25) is 15.7 Å². The van der Waals surface area contributed by atoms with Crippen LogP contribution in [0.4, 0.5) is 11.5 Å². The molecule has 0 bridgehead atoms. The summed E-state index contributed by atoms with van der Waals surface area (Å²) in [6.07, 6.45) is 9.28. The molecule has 1 aromatic heterocycles. The van der Waals surface area contributed by atoms with Gasteiger partial charge >= 0.3 is 0 Å². The molecule has 0 spiro atoms. The van der Waals surface area contributed by atoms with Gasteiger partial charge in [-0.25, -0.2) is 22.7 Å². The van der Waals surface area contributed by atoms with Crippen LogP contribution in [-0.4, -0.2) is 64.8 Å². The summed E-state index contributed by atoms with van der Waals surface area (Å²) < 4.78 is 30.2. The number of allylic oxidation sites excluding steroid dienone is 3. The predicted octanol–water partition coefficient (Wildman–Crippen LogP) is 1.51. The Bertz CT molecular complexity index is 1270. The average molecular weight is 470 g/mol. The van der Waals surface area contributed by atoms with Crippen molar-refractivity contribution < 1.29 is 18.1 Å². The first kappa shape index (κ1) is 22.9. The van der Waals surface area contributed by atoms with Gasteiger partial charge in [-0.05, 0) is 25.0 Å². The predicted molar refractivity (Wildman–Crippen MR) is 129 cm³/mol. The number of benzene rings is 1. The molecule has 1 atom stereocenters. The molecule has 4 rings (SSSR count). The number of rotatable bonds is 5. The van der Waals surface area contributed by atoms with E-state index in [9.17, 15) is 13.5 Å². The minimum atomic E-state index is -3.53. The van der Waals surface area contributed by atoms with E-state index in [0.717, 1.165) is 36.9 Å². The van der Waals surface area contributed by atoms with E-state index in [1.807, 2.05) is 41.8 Å². The van der Waals surface area contributed by atoms with Gasteiger partial charge < -0.3 is 10.8 Å². The lowest BCUT2D eigenvalue weighted by Crippen LogP contribution is -2.36. The molecular weight excluding hydrogens is 440 g/mol. The number of nitrogens with one attached hydrogen (secondary N) is 1.